The number of ether oxygens (including phenoxy) is 4. The van der Waals surface area contributed by atoms with Gasteiger partial charge in [0.15, 0.2) is 24.1 Å². The molecule has 2 unspecified atom stereocenters. The highest BCUT2D eigenvalue weighted by Gasteiger charge is 2.14. The lowest BCUT2D eigenvalue weighted by Crippen LogP contribution is -2.31. The molecule has 0 aliphatic carbocycles. The van der Waals surface area contributed by atoms with Crippen LogP contribution in [0.1, 0.15) is 220 Å². The maximum absolute atomic E-state index is 11.3. The number of allylic oxidation sites excluding steroid dienone is 4. The van der Waals surface area contributed by atoms with E-state index in [4.69, 9.17) is 29.8 Å². The molecule has 0 bridgehead atoms. The van der Waals surface area contributed by atoms with E-state index in [9.17, 15) is 19.2 Å². The first-order valence-corrected chi connectivity index (χ1v) is 25.2. The molecule has 0 spiro atoms. The molecule has 0 aromatic carbocycles. The smallest absolute Gasteiger partial charge is 0.287 e. The van der Waals surface area contributed by atoms with Crippen LogP contribution in [0.5, 0.6) is 0 Å². The molecule has 364 valence electrons. The lowest BCUT2D eigenvalue weighted by molar-refractivity contribution is -0.163. The summed E-state index contributed by atoms with van der Waals surface area (Å²) in [7, 11) is 0. The summed E-state index contributed by atoms with van der Waals surface area (Å²) in [6.45, 7) is 11.5. The second-order valence-corrected chi connectivity index (χ2v) is 16.3. The van der Waals surface area contributed by atoms with Crippen LogP contribution in [-0.4, -0.2) is 87.1 Å². The van der Waals surface area contributed by atoms with Gasteiger partial charge in [-0.05, 0) is 129 Å². The fourth-order valence-corrected chi connectivity index (χ4v) is 6.59. The van der Waals surface area contributed by atoms with E-state index in [1.165, 1.54) is 135 Å². The van der Waals surface area contributed by atoms with Crippen molar-refractivity contribution in [2.24, 2.45) is 5.73 Å². The SMILES string of the molecule is CCC(=O)C(=O)NCCCC/C=C\CCCCCCCCCOC1CCCCO1.CCC(=O)C(C)=O.CCO.NCCCC/C=C\CCCCCCCCCOC1CCCCO1. The average molecular weight is 881 g/mol. The van der Waals surface area contributed by atoms with Gasteiger partial charge in [-0.1, -0.05) is 102 Å². The largest absolute Gasteiger partial charge is 0.397 e. The van der Waals surface area contributed by atoms with E-state index in [0.717, 1.165) is 84.3 Å². The minimum Gasteiger partial charge on any atom is -0.397 e. The van der Waals surface area contributed by atoms with Gasteiger partial charge in [-0.3, -0.25) is 19.2 Å². The van der Waals surface area contributed by atoms with Crippen LogP contribution >= 0.6 is 0 Å². The minimum atomic E-state index is -0.439. The fraction of sp³-hybridized carbons (Fsp3) is 0.843. The number of nitrogens with one attached hydrogen (secondary N) is 1. The molecule has 0 saturated carbocycles. The number of amides is 1. The van der Waals surface area contributed by atoms with E-state index in [-0.39, 0.29) is 43.0 Å². The summed E-state index contributed by atoms with van der Waals surface area (Å²) in [5.41, 5.74) is 5.47. The van der Waals surface area contributed by atoms with Gasteiger partial charge in [0.05, 0.1) is 0 Å². The molecule has 2 heterocycles. The van der Waals surface area contributed by atoms with Gasteiger partial charge in [0.1, 0.15) is 0 Å². The Balaban J connectivity index is 0. The van der Waals surface area contributed by atoms with Gasteiger partial charge in [-0.15, -0.1) is 0 Å². The number of aliphatic hydroxyl groups excluding tert-OH is 1. The van der Waals surface area contributed by atoms with Crippen LogP contribution in [0.25, 0.3) is 0 Å². The van der Waals surface area contributed by atoms with E-state index < -0.39 is 5.91 Å². The maximum atomic E-state index is 11.3. The van der Waals surface area contributed by atoms with Crippen LogP contribution in [0.4, 0.5) is 0 Å². The Morgan fingerprint density at radius 2 is 0.935 bits per heavy atom. The number of hydrogen-bond acceptors (Lipinski definition) is 10. The van der Waals surface area contributed by atoms with E-state index in [1.807, 2.05) is 0 Å². The molecule has 4 N–H and O–H groups in total. The number of carbonyl (C=O) groups excluding carboxylic acids is 4. The summed E-state index contributed by atoms with van der Waals surface area (Å²) in [5.74, 6) is -1.41. The summed E-state index contributed by atoms with van der Waals surface area (Å²) in [4.78, 5) is 42.6. The number of aliphatic hydroxyl groups is 1. The monoisotopic (exact) mass is 881 g/mol. The Bertz CT molecular complexity index is 1060. The second kappa shape index (κ2) is 51.4. The lowest BCUT2D eigenvalue weighted by atomic mass is 10.1. The molecule has 2 aliphatic rings. The summed E-state index contributed by atoms with van der Waals surface area (Å²) in [5, 5.41) is 10.2. The zero-order valence-corrected chi connectivity index (χ0v) is 40.4. The third-order valence-electron chi connectivity index (χ3n) is 10.4. The number of nitrogens with two attached hydrogens (primary N) is 1. The van der Waals surface area contributed by atoms with Crippen molar-refractivity contribution in [3.05, 3.63) is 24.3 Å². The molecule has 0 radical (unpaired) electrons. The molecule has 0 aromatic rings. The number of ketones is 3. The second-order valence-electron chi connectivity index (χ2n) is 16.3. The average Bonchev–Trinajstić information content (AvgIpc) is 3.29. The predicted molar refractivity (Wildman–Crippen MR) is 255 cm³/mol. The van der Waals surface area contributed by atoms with Gasteiger partial charge in [0, 0.05) is 59.3 Å². The Kier molecular flexibility index (Phi) is 51.2. The fourth-order valence-electron chi connectivity index (χ4n) is 6.59. The predicted octanol–water partition coefficient (Wildman–Crippen LogP) is 11.4. The number of carbonyl (C=O) groups is 4. The molecular weight excluding hydrogens is 785 g/mol. The Hall–Kier alpha value is -2.28. The van der Waals surface area contributed by atoms with Gasteiger partial charge in [-0.25, -0.2) is 0 Å². The van der Waals surface area contributed by atoms with Gasteiger partial charge in [-0.2, -0.15) is 0 Å². The van der Waals surface area contributed by atoms with Crippen molar-refractivity contribution < 1.29 is 43.2 Å². The molecule has 2 saturated heterocycles. The zero-order valence-electron chi connectivity index (χ0n) is 40.4. The van der Waals surface area contributed by atoms with Crippen molar-refractivity contribution in [2.75, 3.05) is 46.1 Å². The quantitative estimate of drug-likeness (QED) is 0.0317. The first-order valence-electron chi connectivity index (χ1n) is 25.2. The molecule has 2 rings (SSSR count). The Labute approximate surface area is 379 Å². The molecular formula is C51H96N2O9. The van der Waals surface area contributed by atoms with Crippen molar-refractivity contribution in [1.29, 1.82) is 0 Å². The summed E-state index contributed by atoms with van der Waals surface area (Å²) in [6.07, 6.45) is 44.3. The Morgan fingerprint density at radius 1 is 0.565 bits per heavy atom. The lowest BCUT2D eigenvalue weighted by Gasteiger charge is -2.22. The first-order chi connectivity index (χ1) is 30.3. The van der Waals surface area contributed by atoms with E-state index in [0.29, 0.717) is 13.0 Å². The molecule has 11 heteroatoms. The number of Topliss-reactive ketones (excluding diaryl/α,β-unsaturated/α-hetero) is 3. The molecule has 2 atom stereocenters. The van der Waals surface area contributed by atoms with Crippen LogP contribution in [0.2, 0.25) is 0 Å². The van der Waals surface area contributed by atoms with Crippen LogP contribution in [0.3, 0.4) is 0 Å². The van der Waals surface area contributed by atoms with Crippen molar-refractivity contribution in [2.45, 2.75) is 233 Å². The highest BCUT2D eigenvalue weighted by molar-refractivity contribution is 6.36. The molecule has 62 heavy (non-hydrogen) atoms. The van der Waals surface area contributed by atoms with Gasteiger partial charge in [0.2, 0.25) is 5.78 Å². The third kappa shape index (κ3) is 47.2. The van der Waals surface area contributed by atoms with Crippen molar-refractivity contribution in [3.63, 3.8) is 0 Å². The summed E-state index contributed by atoms with van der Waals surface area (Å²) >= 11 is 0. The molecule has 2 aliphatic heterocycles. The summed E-state index contributed by atoms with van der Waals surface area (Å²) in [6, 6.07) is 0. The maximum Gasteiger partial charge on any atom is 0.287 e. The van der Waals surface area contributed by atoms with E-state index >= 15 is 0 Å². The normalized spacial score (nSPS) is 16.1. The number of hydrogen-bond donors (Lipinski definition) is 3. The summed E-state index contributed by atoms with van der Waals surface area (Å²) < 4.78 is 22.6. The van der Waals surface area contributed by atoms with Gasteiger partial charge >= 0.3 is 0 Å². The molecule has 11 nitrogen and oxygen atoms in total. The third-order valence-corrected chi connectivity index (χ3v) is 10.4. The number of rotatable bonds is 35. The highest BCUT2D eigenvalue weighted by atomic mass is 16.7. The van der Waals surface area contributed by atoms with E-state index in [2.05, 4.69) is 29.6 Å². The first kappa shape index (κ1) is 61.8. The van der Waals surface area contributed by atoms with Gasteiger partial charge in [0.25, 0.3) is 5.91 Å². The standard InChI is InChI=1S/C24H43NO4.C20H39NO2.C5H8O2.C2H6O/c1-2-22(26)24(27)25-19-15-12-10-8-6-4-3-5-7-9-11-13-16-20-28-23-18-14-17-21-29-23;21-17-13-10-8-6-4-2-1-3-5-7-9-11-14-18-22-20-16-12-15-19-23-20;1-3-5(7)4(2)6;1-2-3/h6,8,23H,2-5,7,9-21H2,1H3,(H,25,27);4,6,20H,1-3,5,7-19,21H2;3H2,1-2H3;3H,2H2,1H3/b8-6-;6-4-;;. The topological polar surface area (TPSA) is 163 Å². The molecule has 0 aromatic heterocycles. The molecule has 2 fully saturated rings. The van der Waals surface area contributed by atoms with Crippen molar-refractivity contribution in [1.82, 2.24) is 5.32 Å². The minimum absolute atomic E-state index is 0.0640. The van der Waals surface area contributed by atoms with Crippen LogP contribution < -0.4 is 11.1 Å². The van der Waals surface area contributed by atoms with Gasteiger partial charge < -0.3 is 35.1 Å². The van der Waals surface area contributed by atoms with Crippen LogP contribution in [0, 0.1) is 0 Å². The van der Waals surface area contributed by atoms with Crippen molar-refractivity contribution >= 4 is 23.3 Å². The highest BCUT2D eigenvalue weighted by Crippen LogP contribution is 2.16. The van der Waals surface area contributed by atoms with Crippen molar-refractivity contribution in [3.8, 4) is 0 Å². The van der Waals surface area contributed by atoms with Crippen LogP contribution in [0.15, 0.2) is 24.3 Å². The zero-order chi connectivity index (χ0) is 46.0. The Morgan fingerprint density at radius 3 is 1.27 bits per heavy atom. The van der Waals surface area contributed by atoms with E-state index in [1.54, 1.807) is 20.8 Å². The molecule has 1 amide bonds. The van der Waals surface area contributed by atoms with Crippen LogP contribution in [-0.2, 0) is 38.1 Å². The number of unbranched alkanes of at least 4 members (excludes halogenated alkanes) is 18.